The molecular weight excluding hydrogens is 518 g/mol. The summed E-state index contributed by atoms with van der Waals surface area (Å²) in [6, 6.07) is 11.1. The maximum Gasteiger partial charge on any atom is 0.213 e. The topological polar surface area (TPSA) is 90.8 Å². The van der Waals surface area contributed by atoms with E-state index in [4.69, 9.17) is 14.2 Å². The van der Waals surface area contributed by atoms with Crippen molar-refractivity contribution >= 4 is 7.37 Å². The Morgan fingerprint density at radius 2 is 1.82 bits per heavy atom. The first-order chi connectivity index (χ1) is 18.4. The summed E-state index contributed by atoms with van der Waals surface area (Å²) in [5.41, 5.74) is 3.49. The molecule has 9 heteroatoms. The van der Waals surface area contributed by atoms with Gasteiger partial charge in [-0.3, -0.25) is 4.57 Å². The van der Waals surface area contributed by atoms with Gasteiger partial charge in [0.25, 0.3) is 0 Å². The van der Waals surface area contributed by atoms with Crippen LogP contribution in [0.1, 0.15) is 62.3 Å². The second-order valence-electron chi connectivity index (χ2n) is 11.5. The zero-order chi connectivity index (χ0) is 28.4. The van der Waals surface area contributed by atoms with Gasteiger partial charge in [0.2, 0.25) is 11.8 Å². The minimum absolute atomic E-state index is 0.0172. The molecule has 1 N–H and O–H groups in total. The number of methoxy groups -OCH3 is 2. The van der Waals surface area contributed by atoms with Gasteiger partial charge >= 0.3 is 0 Å². The zero-order valence-electron chi connectivity index (χ0n) is 23.5. The summed E-state index contributed by atoms with van der Waals surface area (Å²) in [6.07, 6.45) is 4.92. The first-order valence-corrected chi connectivity index (χ1v) is 15.4. The van der Waals surface area contributed by atoms with Crippen molar-refractivity contribution in [3.05, 3.63) is 71.3 Å². The second-order valence-corrected chi connectivity index (χ2v) is 14.0. The van der Waals surface area contributed by atoms with Crippen LogP contribution in [0.25, 0.3) is 11.1 Å². The molecule has 2 aromatic heterocycles. The molecule has 7 nitrogen and oxygen atoms in total. The molecule has 0 radical (unpaired) electrons. The third kappa shape index (κ3) is 7.44. The summed E-state index contributed by atoms with van der Waals surface area (Å²) in [6.45, 7) is 7.88. The van der Waals surface area contributed by atoms with Gasteiger partial charge in [-0.05, 0) is 64.5 Å². The van der Waals surface area contributed by atoms with Crippen molar-refractivity contribution in [2.75, 3.05) is 27.0 Å². The number of hydrogen-bond acceptors (Lipinski definition) is 6. The molecule has 1 saturated carbocycles. The minimum atomic E-state index is -3.16. The number of halogens is 1. The van der Waals surface area contributed by atoms with Crippen molar-refractivity contribution in [1.82, 2.24) is 9.97 Å². The largest absolute Gasteiger partial charge is 0.481 e. The Morgan fingerprint density at radius 3 is 2.44 bits per heavy atom. The molecule has 0 amide bonds. The molecular formula is C30H38FN2O5P. The Bertz CT molecular complexity index is 1350. The van der Waals surface area contributed by atoms with E-state index in [1.807, 2.05) is 30.3 Å². The highest BCUT2D eigenvalue weighted by atomic mass is 31.2. The molecule has 0 aliphatic heterocycles. The molecule has 0 spiro atoms. The molecule has 3 atom stereocenters. The Kier molecular flexibility index (Phi) is 8.79. The summed E-state index contributed by atoms with van der Waals surface area (Å²) in [5, 5.41) is 0. The number of pyridine rings is 2. The van der Waals surface area contributed by atoms with E-state index in [2.05, 4.69) is 30.7 Å². The summed E-state index contributed by atoms with van der Waals surface area (Å²) >= 11 is 0. The lowest BCUT2D eigenvalue weighted by Gasteiger charge is -2.32. The van der Waals surface area contributed by atoms with Gasteiger partial charge in [0.05, 0.1) is 19.4 Å². The highest BCUT2D eigenvalue weighted by molar-refractivity contribution is 7.57. The van der Waals surface area contributed by atoms with Gasteiger partial charge in [-0.1, -0.05) is 32.9 Å². The average molecular weight is 557 g/mol. The van der Waals surface area contributed by atoms with E-state index in [-0.39, 0.29) is 30.2 Å². The monoisotopic (exact) mass is 556 g/mol. The van der Waals surface area contributed by atoms with Crippen molar-refractivity contribution in [1.29, 1.82) is 0 Å². The van der Waals surface area contributed by atoms with Crippen molar-refractivity contribution in [3.8, 4) is 22.9 Å². The Hall–Kier alpha value is -2.80. The Balaban J connectivity index is 1.64. The average Bonchev–Trinajstić information content (AvgIpc) is 3.71. The van der Waals surface area contributed by atoms with E-state index >= 15 is 0 Å². The fourth-order valence-corrected chi connectivity index (χ4v) is 6.37. The fraction of sp³-hybridized carbons (Fsp3) is 0.467. The van der Waals surface area contributed by atoms with Crippen LogP contribution in [0.5, 0.6) is 11.8 Å². The van der Waals surface area contributed by atoms with E-state index in [0.717, 1.165) is 35.7 Å². The van der Waals surface area contributed by atoms with Gasteiger partial charge in [-0.25, -0.2) is 14.4 Å². The van der Waals surface area contributed by atoms with Gasteiger partial charge in [0.15, 0.2) is 7.37 Å². The second kappa shape index (κ2) is 11.7. The number of benzene rings is 1. The number of ether oxygens (including phenoxy) is 3. The lowest BCUT2D eigenvalue weighted by atomic mass is 9.81. The van der Waals surface area contributed by atoms with E-state index in [9.17, 15) is 13.8 Å². The van der Waals surface area contributed by atoms with Crippen LogP contribution in [-0.4, -0.2) is 41.9 Å². The fourth-order valence-electron chi connectivity index (χ4n) is 5.13. The summed E-state index contributed by atoms with van der Waals surface area (Å²) in [7, 11) is -0.0107. The maximum absolute atomic E-state index is 14.9. The van der Waals surface area contributed by atoms with Gasteiger partial charge in [-0.15, -0.1) is 0 Å². The lowest BCUT2D eigenvalue weighted by Crippen LogP contribution is -2.21. The summed E-state index contributed by atoms with van der Waals surface area (Å²) in [4.78, 5) is 18.4. The molecule has 1 aliphatic rings. The van der Waals surface area contributed by atoms with E-state index in [1.54, 1.807) is 19.4 Å². The van der Waals surface area contributed by atoms with Crippen LogP contribution >= 0.6 is 7.37 Å². The molecule has 1 fully saturated rings. The number of rotatable bonds is 11. The number of aromatic nitrogens is 2. The van der Waals surface area contributed by atoms with Crippen LogP contribution in [0.15, 0.2) is 48.8 Å². The number of nitrogens with zero attached hydrogens (tertiary/aromatic N) is 2. The standard InChI is InChI=1S/C30H38FN2O5P/c1-30(2,3)29(37-5)24-13-19(7-10-22(24)23-15-27(36-4)33-16-26(23)31)17-38-28-14-21(11-12-32-28)25(20-8-9-20)18-39(6,34)35/h7,10-16,20,25,29H,8-9,17-18H2,1-6H3,(H,34,35). The molecule has 1 aliphatic carbocycles. The first-order valence-electron chi connectivity index (χ1n) is 13.1. The van der Waals surface area contributed by atoms with Crippen LogP contribution in [-0.2, 0) is 15.9 Å². The number of hydrogen-bond donors (Lipinski definition) is 1. The molecule has 2 heterocycles. The van der Waals surface area contributed by atoms with Gasteiger partial charge in [-0.2, -0.15) is 0 Å². The minimum Gasteiger partial charge on any atom is -0.481 e. The van der Waals surface area contributed by atoms with Crippen LogP contribution in [0.4, 0.5) is 4.39 Å². The van der Waals surface area contributed by atoms with Crippen LogP contribution in [0, 0.1) is 17.2 Å². The van der Waals surface area contributed by atoms with Crippen molar-refractivity contribution < 1.29 is 28.1 Å². The summed E-state index contributed by atoms with van der Waals surface area (Å²) < 4.78 is 44.4. The van der Waals surface area contributed by atoms with Crippen LogP contribution in [0.2, 0.25) is 0 Å². The van der Waals surface area contributed by atoms with Crippen molar-refractivity contribution in [2.45, 2.75) is 52.2 Å². The normalized spacial score (nSPS) is 16.8. The third-order valence-corrected chi connectivity index (χ3v) is 8.12. The Labute approximate surface area is 230 Å². The lowest BCUT2D eigenvalue weighted by molar-refractivity contribution is 0.0155. The van der Waals surface area contributed by atoms with Gasteiger partial charge in [0.1, 0.15) is 12.4 Å². The van der Waals surface area contributed by atoms with E-state index < -0.39 is 13.2 Å². The molecule has 1 aromatic carbocycles. The summed E-state index contributed by atoms with van der Waals surface area (Å²) in [5.74, 6) is 0.771. The first kappa shape index (κ1) is 29.2. The predicted molar refractivity (Wildman–Crippen MR) is 150 cm³/mol. The van der Waals surface area contributed by atoms with Gasteiger partial charge < -0.3 is 19.1 Å². The smallest absolute Gasteiger partial charge is 0.213 e. The quantitative estimate of drug-likeness (QED) is 0.254. The zero-order valence-corrected chi connectivity index (χ0v) is 24.4. The molecule has 39 heavy (non-hydrogen) atoms. The molecule has 210 valence electrons. The molecule has 0 saturated heterocycles. The van der Waals surface area contributed by atoms with Crippen LogP contribution in [0.3, 0.4) is 0 Å². The highest BCUT2D eigenvalue weighted by Crippen LogP contribution is 2.50. The molecule has 3 aromatic rings. The predicted octanol–water partition coefficient (Wildman–Crippen LogP) is 7.00. The van der Waals surface area contributed by atoms with Crippen LogP contribution < -0.4 is 9.47 Å². The Morgan fingerprint density at radius 1 is 1.08 bits per heavy atom. The van der Waals surface area contributed by atoms with Gasteiger partial charge in [0, 0.05) is 43.8 Å². The third-order valence-electron chi connectivity index (χ3n) is 7.05. The van der Waals surface area contributed by atoms with Crippen molar-refractivity contribution in [3.63, 3.8) is 0 Å². The van der Waals surface area contributed by atoms with E-state index in [0.29, 0.717) is 28.8 Å². The highest BCUT2D eigenvalue weighted by Gasteiger charge is 2.35. The molecule has 3 unspecified atom stereocenters. The SMILES string of the molecule is COc1cc(-c2ccc(COc3cc(C(CP(C)(=O)O)C4CC4)ccn3)cc2C(OC)C(C)(C)C)c(F)cn1. The molecule has 0 bridgehead atoms. The molecule has 4 rings (SSSR count). The maximum atomic E-state index is 14.9. The van der Waals surface area contributed by atoms with Crippen molar-refractivity contribution in [2.24, 2.45) is 11.3 Å². The van der Waals surface area contributed by atoms with E-state index in [1.165, 1.54) is 13.8 Å².